The van der Waals surface area contributed by atoms with Gasteiger partial charge in [0.15, 0.2) is 0 Å². The Morgan fingerprint density at radius 3 is 2.52 bits per heavy atom. The number of halogens is 1. The third kappa shape index (κ3) is 5.37. The van der Waals surface area contributed by atoms with Gasteiger partial charge in [0.05, 0.1) is 13.8 Å². The Bertz CT molecular complexity index is 487. The number of allylic oxidation sites excluding steroid dienone is 2. The molecule has 0 unspecified atom stereocenters. The zero-order valence-electron chi connectivity index (χ0n) is 14.7. The average Bonchev–Trinajstić information content (AvgIpc) is 2.61. The van der Waals surface area contributed by atoms with Gasteiger partial charge in [-0.2, -0.15) is 0 Å². The molecule has 128 valence electrons. The Morgan fingerprint density at radius 1 is 1.13 bits per heavy atom. The molecule has 23 heavy (non-hydrogen) atoms. The van der Waals surface area contributed by atoms with Crippen molar-refractivity contribution < 1.29 is 9.13 Å². The van der Waals surface area contributed by atoms with Crippen LogP contribution >= 0.6 is 0 Å². The third-order valence-electron chi connectivity index (χ3n) is 5.20. The van der Waals surface area contributed by atoms with E-state index in [-0.39, 0.29) is 6.67 Å². The van der Waals surface area contributed by atoms with Crippen LogP contribution in [0.15, 0.2) is 30.4 Å². The predicted molar refractivity (Wildman–Crippen MR) is 96.0 cm³/mol. The Labute approximate surface area is 140 Å². The highest BCUT2D eigenvalue weighted by atomic mass is 19.1. The Balaban J connectivity index is 1.86. The molecule has 0 N–H and O–H groups in total. The van der Waals surface area contributed by atoms with Crippen LogP contribution < -0.4 is 4.74 Å². The van der Waals surface area contributed by atoms with Crippen LogP contribution in [0.2, 0.25) is 0 Å². The molecule has 1 aromatic rings. The zero-order chi connectivity index (χ0) is 16.5. The molecule has 0 aliphatic heterocycles. The first-order valence-corrected chi connectivity index (χ1v) is 9.16. The molecular weight excluding hydrogens is 287 g/mol. The van der Waals surface area contributed by atoms with Gasteiger partial charge < -0.3 is 4.74 Å². The largest absolute Gasteiger partial charge is 0.497 e. The van der Waals surface area contributed by atoms with E-state index in [2.05, 4.69) is 31.2 Å². The summed E-state index contributed by atoms with van der Waals surface area (Å²) in [6.07, 6.45) is 13.4. The molecule has 0 atom stereocenters. The molecule has 0 saturated heterocycles. The van der Waals surface area contributed by atoms with Crippen LogP contribution in [0.25, 0.3) is 0 Å². The van der Waals surface area contributed by atoms with Gasteiger partial charge in [-0.1, -0.05) is 25.1 Å². The molecule has 0 amide bonds. The van der Waals surface area contributed by atoms with E-state index >= 15 is 0 Å². The topological polar surface area (TPSA) is 9.23 Å². The summed E-state index contributed by atoms with van der Waals surface area (Å²) in [5.41, 5.74) is 2.98. The fraction of sp³-hybridized carbons (Fsp3) is 0.619. The van der Waals surface area contributed by atoms with Gasteiger partial charge in [-0.15, -0.1) is 0 Å². The number of benzene rings is 1. The minimum absolute atomic E-state index is 0.234. The Kier molecular flexibility index (Phi) is 7.64. The van der Waals surface area contributed by atoms with Crippen molar-refractivity contribution in [2.24, 2.45) is 5.92 Å². The summed E-state index contributed by atoms with van der Waals surface area (Å²) in [5, 5.41) is 0. The number of aryl methyl sites for hydroxylation is 1. The van der Waals surface area contributed by atoms with E-state index in [1.54, 1.807) is 7.11 Å². The van der Waals surface area contributed by atoms with Crippen molar-refractivity contribution in [2.45, 2.75) is 64.2 Å². The van der Waals surface area contributed by atoms with Crippen molar-refractivity contribution >= 4 is 0 Å². The van der Waals surface area contributed by atoms with Crippen molar-refractivity contribution in [3.8, 4) is 5.75 Å². The lowest BCUT2D eigenvalue weighted by atomic mass is 9.76. The number of ether oxygens (including phenoxy) is 1. The van der Waals surface area contributed by atoms with Gasteiger partial charge in [-0.25, -0.2) is 0 Å². The van der Waals surface area contributed by atoms with E-state index in [4.69, 9.17) is 4.74 Å². The zero-order valence-corrected chi connectivity index (χ0v) is 14.7. The highest BCUT2D eigenvalue weighted by Crippen LogP contribution is 2.39. The summed E-state index contributed by atoms with van der Waals surface area (Å²) >= 11 is 0. The van der Waals surface area contributed by atoms with Crippen molar-refractivity contribution in [3.63, 3.8) is 0 Å². The maximum absolute atomic E-state index is 12.0. The van der Waals surface area contributed by atoms with E-state index in [9.17, 15) is 4.39 Å². The minimum atomic E-state index is -0.234. The van der Waals surface area contributed by atoms with E-state index in [1.165, 1.54) is 43.2 Å². The van der Waals surface area contributed by atoms with Gasteiger partial charge in [0, 0.05) is 0 Å². The molecule has 1 saturated carbocycles. The second-order valence-corrected chi connectivity index (χ2v) is 6.66. The van der Waals surface area contributed by atoms with E-state index < -0.39 is 0 Å². The molecule has 1 fully saturated rings. The van der Waals surface area contributed by atoms with E-state index in [1.807, 2.05) is 6.08 Å². The number of methoxy groups -OCH3 is 1. The SMILES string of the molecule is CCc1ccc(OC)cc1C1CCC(CC/C=C/CCF)CC1. The van der Waals surface area contributed by atoms with Crippen LogP contribution in [0.3, 0.4) is 0 Å². The molecule has 0 aromatic heterocycles. The van der Waals surface area contributed by atoms with Gasteiger partial charge in [-0.05, 0) is 86.5 Å². The van der Waals surface area contributed by atoms with Crippen molar-refractivity contribution in [2.75, 3.05) is 13.8 Å². The summed E-state index contributed by atoms with van der Waals surface area (Å²) in [6, 6.07) is 6.57. The molecular formula is C21H31FO. The summed E-state index contributed by atoms with van der Waals surface area (Å²) in [6.45, 7) is 2.00. The Hall–Kier alpha value is -1.31. The Morgan fingerprint density at radius 2 is 1.87 bits per heavy atom. The van der Waals surface area contributed by atoms with Gasteiger partial charge in [-0.3, -0.25) is 4.39 Å². The first-order valence-electron chi connectivity index (χ1n) is 9.16. The number of rotatable bonds is 8. The van der Waals surface area contributed by atoms with Crippen molar-refractivity contribution in [3.05, 3.63) is 41.5 Å². The van der Waals surface area contributed by atoms with Gasteiger partial charge in [0.2, 0.25) is 0 Å². The van der Waals surface area contributed by atoms with Crippen LogP contribution in [-0.2, 0) is 6.42 Å². The van der Waals surface area contributed by atoms with Crippen LogP contribution in [-0.4, -0.2) is 13.8 Å². The normalized spacial score (nSPS) is 21.7. The lowest BCUT2D eigenvalue weighted by molar-refractivity contribution is 0.310. The average molecular weight is 318 g/mol. The lowest BCUT2D eigenvalue weighted by Gasteiger charge is -2.30. The van der Waals surface area contributed by atoms with Crippen LogP contribution in [0.4, 0.5) is 4.39 Å². The fourth-order valence-corrected chi connectivity index (χ4v) is 3.79. The van der Waals surface area contributed by atoms with Gasteiger partial charge in [0.25, 0.3) is 0 Å². The van der Waals surface area contributed by atoms with Gasteiger partial charge >= 0.3 is 0 Å². The standard InChI is InChI=1S/C21H31FO/c1-3-18-13-14-20(23-2)16-21(18)19-11-9-17(10-12-19)8-6-4-5-7-15-22/h4-5,13-14,16-17,19H,3,6-12,15H2,1-2H3/b5-4+. The molecule has 0 spiro atoms. The van der Waals surface area contributed by atoms with Gasteiger partial charge in [0.1, 0.15) is 5.75 Å². The summed E-state index contributed by atoms with van der Waals surface area (Å²) in [7, 11) is 1.75. The molecule has 1 aromatic carbocycles. The molecule has 1 aliphatic carbocycles. The molecule has 2 rings (SSSR count). The molecule has 0 heterocycles. The van der Waals surface area contributed by atoms with E-state index in [0.717, 1.165) is 24.5 Å². The van der Waals surface area contributed by atoms with Crippen LogP contribution in [0, 0.1) is 5.92 Å². The highest BCUT2D eigenvalue weighted by Gasteiger charge is 2.23. The molecule has 0 radical (unpaired) electrons. The fourth-order valence-electron chi connectivity index (χ4n) is 3.79. The molecule has 2 heteroatoms. The maximum Gasteiger partial charge on any atom is 0.119 e. The predicted octanol–water partition coefficient (Wildman–Crippen LogP) is 6.23. The second kappa shape index (κ2) is 9.75. The molecule has 1 nitrogen and oxygen atoms in total. The van der Waals surface area contributed by atoms with Crippen LogP contribution in [0.1, 0.15) is 68.9 Å². The van der Waals surface area contributed by atoms with E-state index in [0.29, 0.717) is 12.3 Å². The smallest absolute Gasteiger partial charge is 0.119 e. The van der Waals surface area contributed by atoms with Crippen molar-refractivity contribution in [1.82, 2.24) is 0 Å². The quantitative estimate of drug-likeness (QED) is 0.516. The third-order valence-corrected chi connectivity index (χ3v) is 5.20. The van der Waals surface area contributed by atoms with Crippen molar-refractivity contribution in [1.29, 1.82) is 0 Å². The maximum atomic E-state index is 12.0. The number of hydrogen-bond donors (Lipinski definition) is 0. The number of hydrogen-bond acceptors (Lipinski definition) is 1. The number of alkyl halides is 1. The van der Waals surface area contributed by atoms with Crippen LogP contribution in [0.5, 0.6) is 5.75 Å². The lowest BCUT2D eigenvalue weighted by Crippen LogP contribution is -2.14. The summed E-state index contributed by atoms with van der Waals surface area (Å²) in [5.74, 6) is 2.52. The highest BCUT2D eigenvalue weighted by molar-refractivity contribution is 5.38. The molecule has 0 bridgehead atoms. The summed E-state index contributed by atoms with van der Waals surface area (Å²) < 4.78 is 17.5. The first-order chi connectivity index (χ1) is 11.3. The summed E-state index contributed by atoms with van der Waals surface area (Å²) in [4.78, 5) is 0. The second-order valence-electron chi connectivity index (χ2n) is 6.66. The minimum Gasteiger partial charge on any atom is -0.497 e. The first kappa shape index (κ1) is 18.0. The molecule has 1 aliphatic rings. The monoisotopic (exact) mass is 318 g/mol.